The summed E-state index contributed by atoms with van der Waals surface area (Å²) in [7, 11) is -0.640. The highest BCUT2D eigenvalue weighted by molar-refractivity contribution is 7.90. The zero-order chi connectivity index (χ0) is 21.9. The van der Waals surface area contributed by atoms with Crippen molar-refractivity contribution < 1.29 is 32.2 Å². The minimum Gasteiger partial charge on any atom is -0.495 e. The predicted octanol–water partition coefficient (Wildman–Crippen LogP) is 1.34. The number of nitrogens with zero attached hydrogens (tertiary/aromatic N) is 2. The van der Waals surface area contributed by atoms with E-state index in [2.05, 4.69) is 9.71 Å². The number of hydrogen-bond acceptors (Lipinski definition) is 8. The summed E-state index contributed by atoms with van der Waals surface area (Å²) in [5.74, 6) is -0.627. The van der Waals surface area contributed by atoms with Gasteiger partial charge in [0.1, 0.15) is 17.3 Å². The first kappa shape index (κ1) is 21.7. The predicted molar refractivity (Wildman–Crippen MR) is 109 cm³/mol. The van der Waals surface area contributed by atoms with E-state index in [0.717, 1.165) is 0 Å². The standard InChI is InChI=1S/C18H18ClN3O7S/c1-27-14-8-13(15(28-2)7-12(14)19)20-17(23)10-29-18(24)11-3-4-16-21-30(25,26)6-5-22(16)9-11/h3-4,7-9H,5-6,10H2,1-2H3,(H,20,23). The van der Waals surface area contributed by atoms with Gasteiger partial charge in [0.2, 0.25) is 0 Å². The first-order valence-corrected chi connectivity index (χ1v) is 10.6. The number of rotatable bonds is 6. The highest BCUT2D eigenvalue weighted by Gasteiger charge is 2.25. The van der Waals surface area contributed by atoms with Crippen molar-refractivity contribution in [1.29, 1.82) is 0 Å². The van der Waals surface area contributed by atoms with Crippen LogP contribution in [0.1, 0.15) is 0 Å². The number of hydrogen-bond donors (Lipinski definition) is 1. The number of anilines is 1. The fourth-order valence-electron chi connectivity index (χ4n) is 2.68. The minimum atomic E-state index is -3.49. The van der Waals surface area contributed by atoms with E-state index >= 15 is 0 Å². The van der Waals surface area contributed by atoms with Gasteiger partial charge in [-0.3, -0.25) is 4.79 Å². The highest BCUT2D eigenvalue weighted by Crippen LogP contribution is 2.35. The molecule has 1 amide bonds. The van der Waals surface area contributed by atoms with E-state index in [1.165, 1.54) is 49.6 Å². The molecule has 3 rings (SSSR count). The van der Waals surface area contributed by atoms with Gasteiger partial charge in [0.05, 0.1) is 36.3 Å². The molecular weight excluding hydrogens is 438 g/mol. The molecule has 0 saturated carbocycles. The quantitative estimate of drug-likeness (QED) is 0.637. The summed E-state index contributed by atoms with van der Waals surface area (Å²) < 4.78 is 42.0. The summed E-state index contributed by atoms with van der Waals surface area (Å²) in [4.78, 5) is 26.0. The topological polar surface area (TPSA) is 124 Å². The number of methoxy groups -OCH3 is 2. The Labute approximate surface area is 177 Å². The second kappa shape index (κ2) is 8.76. The van der Waals surface area contributed by atoms with Gasteiger partial charge in [-0.1, -0.05) is 11.6 Å². The van der Waals surface area contributed by atoms with Crippen LogP contribution in [0.15, 0.2) is 40.5 Å². The molecule has 0 aromatic heterocycles. The second-order valence-corrected chi connectivity index (χ2v) is 8.32. The van der Waals surface area contributed by atoms with Gasteiger partial charge in [-0.25, -0.2) is 13.2 Å². The van der Waals surface area contributed by atoms with E-state index in [1.807, 2.05) is 0 Å². The first-order valence-electron chi connectivity index (χ1n) is 8.60. The number of benzene rings is 1. The smallest absolute Gasteiger partial charge is 0.340 e. The molecule has 12 heteroatoms. The lowest BCUT2D eigenvalue weighted by molar-refractivity contribution is -0.143. The second-order valence-electron chi connectivity index (χ2n) is 6.16. The summed E-state index contributed by atoms with van der Waals surface area (Å²) in [5.41, 5.74) is 0.457. The number of nitrogens with one attached hydrogen (secondary N) is 1. The normalized spacial score (nSPS) is 16.7. The Morgan fingerprint density at radius 3 is 2.63 bits per heavy atom. The molecule has 0 fully saturated rings. The molecular formula is C18H18ClN3O7S. The maximum absolute atomic E-state index is 12.3. The molecule has 30 heavy (non-hydrogen) atoms. The maximum Gasteiger partial charge on any atom is 0.340 e. The Morgan fingerprint density at radius 1 is 1.20 bits per heavy atom. The SMILES string of the molecule is COc1cc(NC(=O)COC(=O)C2=CN3CCS(=O)(=O)N=C3C=C2)c(OC)cc1Cl. The van der Waals surface area contributed by atoms with E-state index < -0.39 is 28.5 Å². The number of amides is 1. The summed E-state index contributed by atoms with van der Waals surface area (Å²) in [6.07, 6.45) is 4.21. The van der Waals surface area contributed by atoms with E-state index in [1.54, 1.807) is 0 Å². The summed E-state index contributed by atoms with van der Waals surface area (Å²) in [5, 5.41) is 2.87. The van der Waals surface area contributed by atoms with Crippen molar-refractivity contribution in [1.82, 2.24) is 4.90 Å². The zero-order valence-corrected chi connectivity index (χ0v) is 17.6. The van der Waals surface area contributed by atoms with Crippen LogP contribution >= 0.6 is 11.6 Å². The van der Waals surface area contributed by atoms with Crippen LogP contribution in [0.5, 0.6) is 11.5 Å². The van der Waals surface area contributed by atoms with E-state index in [0.29, 0.717) is 22.2 Å². The van der Waals surface area contributed by atoms with E-state index in [4.69, 9.17) is 25.8 Å². The molecule has 2 aliphatic rings. The van der Waals surface area contributed by atoms with Crippen LogP contribution in [0, 0.1) is 0 Å². The van der Waals surface area contributed by atoms with E-state index in [9.17, 15) is 18.0 Å². The van der Waals surface area contributed by atoms with Gasteiger partial charge in [-0.15, -0.1) is 4.40 Å². The molecule has 2 aliphatic heterocycles. The van der Waals surface area contributed by atoms with Gasteiger partial charge in [0.15, 0.2) is 6.61 Å². The van der Waals surface area contributed by atoms with Gasteiger partial charge in [-0.2, -0.15) is 0 Å². The average molecular weight is 456 g/mol. The van der Waals surface area contributed by atoms with Gasteiger partial charge >= 0.3 is 5.97 Å². The number of amidine groups is 1. The molecule has 0 bridgehead atoms. The average Bonchev–Trinajstić information content (AvgIpc) is 2.71. The third-order valence-corrected chi connectivity index (χ3v) is 5.60. The largest absolute Gasteiger partial charge is 0.495 e. The van der Waals surface area contributed by atoms with Crippen molar-refractivity contribution in [2.45, 2.75) is 0 Å². The minimum absolute atomic E-state index is 0.155. The number of halogens is 1. The van der Waals surface area contributed by atoms with Gasteiger partial charge in [-0.05, 0) is 12.2 Å². The number of carbonyl (C=O) groups is 2. The Balaban J connectivity index is 1.61. The molecule has 160 valence electrons. The first-order chi connectivity index (χ1) is 14.2. The molecule has 1 aromatic carbocycles. The Kier molecular flexibility index (Phi) is 6.32. The van der Waals surface area contributed by atoms with Crippen molar-refractivity contribution in [2.75, 3.05) is 38.4 Å². The van der Waals surface area contributed by atoms with Crippen LogP contribution in [0.25, 0.3) is 0 Å². The summed E-state index contributed by atoms with van der Waals surface area (Å²) >= 11 is 6.02. The Bertz CT molecular complexity index is 1080. The summed E-state index contributed by atoms with van der Waals surface area (Å²) in [6, 6.07) is 2.97. The third kappa shape index (κ3) is 4.92. The molecule has 0 spiro atoms. The van der Waals surface area contributed by atoms with Gasteiger partial charge in [0, 0.05) is 24.9 Å². The molecule has 1 aromatic rings. The lowest BCUT2D eigenvalue weighted by Gasteiger charge is -2.26. The van der Waals surface area contributed by atoms with Gasteiger partial charge in [0.25, 0.3) is 15.9 Å². The molecule has 2 heterocycles. The molecule has 0 aliphatic carbocycles. The van der Waals surface area contributed by atoms with Crippen molar-refractivity contribution in [3.8, 4) is 11.5 Å². The number of ether oxygens (including phenoxy) is 3. The fourth-order valence-corrected chi connectivity index (χ4v) is 3.88. The van der Waals surface area contributed by atoms with Crippen molar-refractivity contribution in [3.63, 3.8) is 0 Å². The Hall–Kier alpha value is -3.05. The van der Waals surface area contributed by atoms with Crippen LogP contribution < -0.4 is 14.8 Å². The molecule has 0 saturated heterocycles. The molecule has 0 radical (unpaired) electrons. The Morgan fingerprint density at radius 2 is 1.93 bits per heavy atom. The molecule has 10 nitrogen and oxygen atoms in total. The summed E-state index contributed by atoms with van der Waals surface area (Å²) in [6.45, 7) is -0.381. The number of carbonyl (C=O) groups excluding carboxylic acids is 2. The van der Waals surface area contributed by atoms with E-state index in [-0.39, 0.29) is 23.7 Å². The maximum atomic E-state index is 12.3. The van der Waals surface area contributed by atoms with Crippen LogP contribution in [-0.4, -0.2) is 64.2 Å². The number of sulfonamides is 1. The van der Waals surface area contributed by atoms with Crippen LogP contribution in [0.2, 0.25) is 5.02 Å². The van der Waals surface area contributed by atoms with Crippen LogP contribution in [0.3, 0.4) is 0 Å². The van der Waals surface area contributed by atoms with Crippen molar-refractivity contribution in [3.05, 3.63) is 41.1 Å². The molecule has 1 N–H and O–H groups in total. The molecule has 0 unspecified atom stereocenters. The lowest BCUT2D eigenvalue weighted by atomic mass is 10.2. The van der Waals surface area contributed by atoms with Crippen LogP contribution in [-0.2, 0) is 24.3 Å². The number of esters is 1. The van der Waals surface area contributed by atoms with Crippen molar-refractivity contribution in [2.24, 2.45) is 4.40 Å². The third-order valence-electron chi connectivity index (χ3n) is 4.14. The van der Waals surface area contributed by atoms with Gasteiger partial charge < -0.3 is 24.4 Å². The van der Waals surface area contributed by atoms with Crippen molar-refractivity contribution >= 4 is 45.0 Å². The van der Waals surface area contributed by atoms with Crippen LogP contribution in [0.4, 0.5) is 5.69 Å². The lowest BCUT2D eigenvalue weighted by Crippen LogP contribution is -2.37. The molecule has 0 atom stereocenters. The highest BCUT2D eigenvalue weighted by atomic mass is 35.5. The number of fused-ring (bicyclic) bond motifs is 1. The zero-order valence-electron chi connectivity index (χ0n) is 16.0. The monoisotopic (exact) mass is 455 g/mol. The fraction of sp³-hybridized carbons (Fsp3) is 0.278.